The number of para-hydroxylation sites is 2. The normalized spacial score (nSPS) is 15.5. The standard InChI is InChI=1S/C38H32N2O6S/c41-35(27-15-18-31(19-16-27)47(43,44)40-21-6-7-22-40)25-45-38(42)36-32-13-4-5-14-34(32)39-37-28(17-20-33(36)37)23-26-9-8-12-30(24-26)46-29-10-2-1-3-11-29/h1-5,8-16,18-19,23-24H,6-7,17,20-22,25H2/b28-23+. The van der Waals surface area contributed by atoms with Gasteiger partial charge in [0.15, 0.2) is 12.4 Å². The molecule has 1 aromatic heterocycles. The van der Waals surface area contributed by atoms with E-state index < -0.39 is 28.4 Å². The first-order valence-corrected chi connectivity index (χ1v) is 17.1. The third-order valence-electron chi connectivity index (χ3n) is 8.54. The van der Waals surface area contributed by atoms with Crippen LogP contribution in [0.4, 0.5) is 0 Å². The highest BCUT2D eigenvalue weighted by Gasteiger charge is 2.29. The van der Waals surface area contributed by atoms with Crippen molar-refractivity contribution in [3.8, 4) is 11.5 Å². The molecular weight excluding hydrogens is 612 g/mol. The average Bonchev–Trinajstić information content (AvgIpc) is 3.78. The van der Waals surface area contributed by atoms with Crippen molar-refractivity contribution < 1.29 is 27.5 Å². The predicted molar refractivity (Wildman–Crippen MR) is 180 cm³/mol. The first-order chi connectivity index (χ1) is 22.9. The second-order valence-corrected chi connectivity index (χ2v) is 13.6. The van der Waals surface area contributed by atoms with Gasteiger partial charge < -0.3 is 9.47 Å². The van der Waals surface area contributed by atoms with Gasteiger partial charge in [0.05, 0.1) is 21.7 Å². The van der Waals surface area contributed by atoms with E-state index in [-0.39, 0.29) is 10.5 Å². The van der Waals surface area contributed by atoms with Gasteiger partial charge in [-0.3, -0.25) is 4.79 Å². The molecule has 0 spiro atoms. The molecule has 0 amide bonds. The number of carbonyl (C=O) groups is 2. The lowest BCUT2D eigenvalue weighted by Gasteiger charge is -2.15. The van der Waals surface area contributed by atoms with Crippen LogP contribution in [0.3, 0.4) is 0 Å². The summed E-state index contributed by atoms with van der Waals surface area (Å²) in [7, 11) is -3.59. The number of Topliss-reactive ketones (excluding diaryl/α,β-unsaturated/α-hetero) is 1. The van der Waals surface area contributed by atoms with Crippen LogP contribution in [0.1, 0.15) is 56.8 Å². The van der Waals surface area contributed by atoms with Crippen molar-refractivity contribution in [2.45, 2.75) is 30.6 Å². The summed E-state index contributed by atoms with van der Waals surface area (Å²) in [4.78, 5) is 31.8. The molecule has 8 nitrogen and oxygen atoms in total. The molecule has 0 N–H and O–H groups in total. The summed E-state index contributed by atoms with van der Waals surface area (Å²) in [5.74, 6) is 0.449. The number of hydrogen-bond donors (Lipinski definition) is 0. The van der Waals surface area contributed by atoms with Crippen LogP contribution in [0, 0.1) is 0 Å². The Kier molecular flexibility index (Phi) is 8.41. The van der Waals surface area contributed by atoms with Crippen LogP contribution in [0.2, 0.25) is 0 Å². The number of sulfonamides is 1. The predicted octanol–water partition coefficient (Wildman–Crippen LogP) is 7.34. The van der Waals surface area contributed by atoms with E-state index >= 15 is 0 Å². The molecule has 4 aromatic carbocycles. The number of ketones is 1. The highest BCUT2D eigenvalue weighted by atomic mass is 32.2. The van der Waals surface area contributed by atoms with Crippen molar-refractivity contribution in [3.63, 3.8) is 0 Å². The molecule has 47 heavy (non-hydrogen) atoms. The first kappa shape index (κ1) is 30.5. The Bertz CT molecular complexity index is 2120. The molecule has 0 atom stereocenters. The Morgan fingerprint density at radius 1 is 0.809 bits per heavy atom. The van der Waals surface area contributed by atoms with E-state index in [1.807, 2.05) is 78.9 Å². The van der Waals surface area contributed by atoms with E-state index in [1.165, 1.54) is 28.6 Å². The quantitative estimate of drug-likeness (QED) is 0.122. The van der Waals surface area contributed by atoms with Crippen LogP contribution in [0.15, 0.2) is 108 Å². The highest BCUT2D eigenvalue weighted by molar-refractivity contribution is 7.89. The van der Waals surface area contributed by atoms with Gasteiger partial charge in [-0.25, -0.2) is 18.2 Å². The molecule has 0 unspecified atom stereocenters. The number of esters is 1. The smallest absolute Gasteiger partial charge is 0.339 e. The first-order valence-electron chi connectivity index (χ1n) is 15.6. The number of rotatable bonds is 9. The van der Waals surface area contributed by atoms with Gasteiger partial charge in [0.25, 0.3) is 0 Å². The minimum atomic E-state index is -3.59. The molecule has 1 aliphatic carbocycles. The van der Waals surface area contributed by atoms with Gasteiger partial charge in [-0.2, -0.15) is 4.31 Å². The Morgan fingerprint density at radius 3 is 2.32 bits per heavy atom. The largest absolute Gasteiger partial charge is 0.457 e. The van der Waals surface area contributed by atoms with Crippen LogP contribution >= 0.6 is 0 Å². The van der Waals surface area contributed by atoms with E-state index in [0.717, 1.165) is 41.0 Å². The molecule has 0 bridgehead atoms. The Balaban J connectivity index is 1.11. The van der Waals surface area contributed by atoms with Crippen molar-refractivity contribution in [1.29, 1.82) is 0 Å². The zero-order chi connectivity index (χ0) is 32.4. The van der Waals surface area contributed by atoms with Gasteiger partial charge in [0.1, 0.15) is 11.5 Å². The minimum Gasteiger partial charge on any atom is -0.457 e. The molecule has 1 saturated heterocycles. The number of fused-ring (bicyclic) bond motifs is 2. The maximum absolute atomic E-state index is 13.6. The Hall–Kier alpha value is -5.12. The third-order valence-corrected chi connectivity index (χ3v) is 10.5. The number of pyridine rings is 1. The lowest BCUT2D eigenvalue weighted by atomic mass is 10.0. The number of hydrogen-bond acceptors (Lipinski definition) is 7. The second-order valence-electron chi connectivity index (χ2n) is 11.6. The van der Waals surface area contributed by atoms with Gasteiger partial charge in [0.2, 0.25) is 10.0 Å². The fourth-order valence-electron chi connectivity index (χ4n) is 6.18. The molecule has 236 valence electrons. The number of aromatic nitrogens is 1. The summed E-state index contributed by atoms with van der Waals surface area (Å²) < 4.78 is 38.8. The number of nitrogens with zero attached hydrogens (tertiary/aromatic N) is 2. The van der Waals surface area contributed by atoms with Crippen molar-refractivity contribution in [2.75, 3.05) is 19.7 Å². The topological polar surface area (TPSA) is 103 Å². The van der Waals surface area contributed by atoms with Crippen LogP contribution in [0.5, 0.6) is 11.5 Å². The van der Waals surface area contributed by atoms with Crippen molar-refractivity contribution in [3.05, 3.63) is 131 Å². The monoisotopic (exact) mass is 644 g/mol. The van der Waals surface area contributed by atoms with Crippen molar-refractivity contribution in [1.82, 2.24) is 9.29 Å². The van der Waals surface area contributed by atoms with Crippen LogP contribution in [-0.2, 0) is 21.2 Å². The Morgan fingerprint density at radius 2 is 1.53 bits per heavy atom. The number of benzene rings is 4. The van der Waals surface area contributed by atoms with E-state index in [2.05, 4.69) is 6.08 Å². The van der Waals surface area contributed by atoms with Gasteiger partial charge in [-0.1, -0.05) is 48.5 Å². The molecule has 7 rings (SSSR count). The summed E-state index contributed by atoms with van der Waals surface area (Å²) >= 11 is 0. The molecule has 5 aromatic rings. The Labute approximate surface area is 273 Å². The highest BCUT2D eigenvalue weighted by Crippen LogP contribution is 2.38. The molecule has 9 heteroatoms. The maximum Gasteiger partial charge on any atom is 0.339 e. The minimum absolute atomic E-state index is 0.145. The number of carbonyl (C=O) groups excluding carboxylic acids is 2. The van der Waals surface area contributed by atoms with Crippen molar-refractivity contribution in [2.24, 2.45) is 0 Å². The van der Waals surface area contributed by atoms with Gasteiger partial charge in [-0.15, -0.1) is 0 Å². The van der Waals surface area contributed by atoms with E-state index in [9.17, 15) is 18.0 Å². The number of allylic oxidation sites excluding steroid dienone is 1. The molecule has 1 aliphatic heterocycles. The summed E-state index contributed by atoms with van der Waals surface area (Å²) in [5, 5.41) is 0.666. The molecule has 2 heterocycles. The summed E-state index contributed by atoms with van der Waals surface area (Å²) in [6.07, 6.45) is 5.04. The lowest BCUT2D eigenvalue weighted by molar-refractivity contribution is 0.0475. The zero-order valence-electron chi connectivity index (χ0n) is 25.6. The summed E-state index contributed by atoms with van der Waals surface area (Å²) in [5.41, 5.74) is 4.82. The third kappa shape index (κ3) is 6.32. The van der Waals surface area contributed by atoms with Crippen LogP contribution in [0.25, 0.3) is 22.6 Å². The molecule has 2 aliphatic rings. The van der Waals surface area contributed by atoms with Crippen LogP contribution in [-0.4, -0.2) is 49.2 Å². The SMILES string of the molecule is O=C(COC(=O)c1c2c(nc3ccccc13)/C(=C/c1cccc(Oc3ccccc3)c1)CC2)c1ccc(S(=O)(=O)N2CCCC2)cc1. The molecular formula is C38H32N2O6S. The maximum atomic E-state index is 13.6. The number of ether oxygens (including phenoxy) is 2. The van der Waals surface area contributed by atoms with Crippen molar-refractivity contribution >= 4 is 44.3 Å². The molecule has 1 fully saturated rings. The van der Waals surface area contributed by atoms with Gasteiger partial charge >= 0.3 is 5.97 Å². The van der Waals surface area contributed by atoms with Crippen LogP contribution < -0.4 is 4.74 Å². The average molecular weight is 645 g/mol. The summed E-state index contributed by atoms with van der Waals surface area (Å²) in [6, 6.07) is 30.6. The molecule has 0 saturated carbocycles. The van der Waals surface area contributed by atoms with Gasteiger partial charge in [0, 0.05) is 24.0 Å². The fraction of sp³-hybridized carbons (Fsp3) is 0.184. The van der Waals surface area contributed by atoms with E-state index in [0.29, 0.717) is 48.1 Å². The zero-order valence-corrected chi connectivity index (χ0v) is 26.4. The lowest BCUT2D eigenvalue weighted by Crippen LogP contribution is -2.27. The molecule has 0 radical (unpaired) electrons. The summed E-state index contributed by atoms with van der Waals surface area (Å²) in [6.45, 7) is 0.528. The second kappa shape index (κ2) is 12.9. The van der Waals surface area contributed by atoms with E-state index in [4.69, 9.17) is 14.5 Å². The van der Waals surface area contributed by atoms with Gasteiger partial charge in [-0.05, 0) is 103 Å². The van der Waals surface area contributed by atoms with E-state index in [1.54, 1.807) is 0 Å². The fourth-order valence-corrected chi connectivity index (χ4v) is 7.70.